The molecular weight excluding hydrogens is 688 g/mol. The number of aliphatic hydroxyl groups excluding tert-OH is 2. The van der Waals surface area contributed by atoms with E-state index in [-0.39, 0.29) is 13.2 Å². The van der Waals surface area contributed by atoms with E-state index in [2.05, 4.69) is 59.0 Å². The largest absolute Gasteiger partial charge is 0.493 e. The molecule has 0 bridgehead atoms. The van der Waals surface area contributed by atoms with Gasteiger partial charge in [0, 0.05) is 55.1 Å². The summed E-state index contributed by atoms with van der Waals surface area (Å²) in [7, 11) is 0. The van der Waals surface area contributed by atoms with Crippen LogP contribution >= 0.6 is 11.6 Å². The number of nitrogens with zero attached hydrogens (tertiary/aromatic N) is 4. The van der Waals surface area contributed by atoms with Crippen LogP contribution in [0.3, 0.4) is 0 Å². The second-order valence-electron chi connectivity index (χ2n) is 14.4. The lowest BCUT2D eigenvalue weighted by Crippen LogP contribution is -2.42. The Kier molecular flexibility index (Phi) is 13.6. The van der Waals surface area contributed by atoms with Gasteiger partial charge in [-0.15, -0.1) is 0 Å². The first kappa shape index (κ1) is 38.6. The van der Waals surface area contributed by atoms with Crippen LogP contribution in [-0.4, -0.2) is 77.0 Å². The van der Waals surface area contributed by atoms with Crippen LogP contribution in [0.5, 0.6) is 17.2 Å². The van der Waals surface area contributed by atoms with Gasteiger partial charge in [0.1, 0.15) is 36.5 Å². The van der Waals surface area contributed by atoms with Crippen molar-refractivity contribution in [3.05, 3.63) is 105 Å². The van der Waals surface area contributed by atoms with Crippen LogP contribution in [0.2, 0.25) is 5.02 Å². The van der Waals surface area contributed by atoms with Crippen molar-refractivity contribution < 1.29 is 24.4 Å². The highest BCUT2D eigenvalue weighted by atomic mass is 35.5. The molecule has 2 N–H and O–H groups in total. The normalized spacial score (nSPS) is 17.2. The maximum atomic E-state index is 9.91. The molecule has 6 rings (SSSR count). The highest BCUT2D eigenvalue weighted by Gasteiger charge is 2.23. The lowest BCUT2D eigenvalue weighted by atomic mass is 9.93. The Morgan fingerprint density at radius 3 is 2.40 bits per heavy atom. The Balaban J connectivity index is 1.16. The van der Waals surface area contributed by atoms with Crippen molar-refractivity contribution in [2.75, 3.05) is 45.9 Å². The molecule has 10 heteroatoms. The molecule has 2 fully saturated rings. The Hall–Kier alpha value is -4.17. The first-order valence-corrected chi connectivity index (χ1v) is 19.2. The molecule has 0 saturated carbocycles. The SMILES string of the molecule is Cc1c(COc2cc(OCc3cncc(C#N)c3)c(CN3CCCCC3)cc2Cl)cccc1-c1cccc(OCC2CCCN(CC(O)CO)C2)c1C. The molecule has 4 aromatic rings. The Labute approximate surface area is 318 Å². The number of halogens is 1. The average molecular weight is 739 g/mol. The molecule has 3 aromatic carbocycles. The molecule has 2 saturated heterocycles. The minimum Gasteiger partial charge on any atom is -0.493 e. The number of likely N-dealkylation sites (tertiary alicyclic amines) is 2. The Morgan fingerprint density at radius 1 is 0.849 bits per heavy atom. The number of ether oxygens (including phenoxy) is 3. The predicted octanol–water partition coefficient (Wildman–Crippen LogP) is 7.48. The molecule has 2 atom stereocenters. The van der Waals surface area contributed by atoms with Crippen molar-refractivity contribution in [3.63, 3.8) is 0 Å². The van der Waals surface area contributed by atoms with Crippen molar-refractivity contribution in [1.29, 1.82) is 5.26 Å². The van der Waals surface area contributed by atoms with Crippen molar-refractivity contribution in [2.24, 2.45) is 5.92 Å². The van der Waals surface area contributed by atoms with Gasteiger partial charge >= 0.3 is 0 Å². The molecule has 1 aromatic heterocycles. The monoisotopic (exact) mass is 738 g/mol. The number of hydrogen-bond donors (Lipinski definition) is 2. The third-order valence-corrected chi connectivity index (χ3v) is 10.7. The topological polar surface area (TPSA) is 111 Å². The summed E-state index contributed by atoms with van der Waals surface area (Å²) in [6, 6.07) is 20.3. The third kappa shape index (κ3) is 10.3. The average Bonchev–Trinajstić information content (AvgIpc) is 3.18. The minimum atomic E-state index is -0.709. The van der Waals surface area contributed by atoms with E-state index in [4.69, 9.17) is 25.8 Å². The zero-order chi connectivity index (χ0) is 37.2. The van der Waals surface area contributed by atoms with E-state index in [1.54, 1.807) is 18.5 Å². The maximum absolute atomic E-state index is 9.91. The number of rotatable bonds is 15. The summed E-state index contributed by atoms with van der Waals surface area (Å²) in [5, 5.41) is 29.1. The molecule has 0 radical (unpaired) electrons. The fourth-order valence-corrected chi connectivity index (χ4v) is 7.70. The standard InChI is InChI=1S/C43H51ClN4O5/c1-30-35(10-6-11-38(30)39-12-7-13-41(31(39)2)51-27-32-9-8-16-48(23-32)25-37(50)26-49)29-53-43-19-42(52-28-34-17-33(20-45)21-46-22-34)36(18-40(43)44)24-47-14-4-3-5-15-47/h6-7,10-13,17-19,21-22,32,37,49-50H,3-5,8-9,14-16,23-29H2,1-2H3. The summed E-state index contributed by atoms with van der Waals surface area (Å²) in [4.78, 5) is 8.85. The number of β-amino-alcohol motifs (C(OH)–C–C–N with tert-alkyl or cyclic N) is 1. The number of aliphatic hydroxyl groups is 2. The molecule has 2 aliphatic rings. The van der Waals surface area contributed by atoms with E-state index >= 15 is 0 Å². The second kappa shape index (κ2) is 18.7. The van der Waals surface area contributed by atoms with Crippen molar-refractivity contribution in [2.45, 2.75) is 71.8 Å². The van der Waals surface area contributed by atoms with Crippen LogP contribution in [0.15, 0.2) is 67.0 Å². The van der Waals surface area contributed by atoms with Gasteiger partial charge in [0.2, 0.25) is 0 Å². The Bertz CT molecular complexity index is 1870. The molecule has 2 unspecified atom stereocenters. The lowest BCUT2D eigenvalue weighted by Gasteiger charge is -2.33. The van der Waals surface area contributed by atoms with Crippen molar-refractivity contribution >= 4 is 11.6 Å². The molecule has 0 amide bonds. The predicted molar refractivity (Wildman–Crippen MR) is 207 cm³/mol. The fraction of sp³-hybridized carbons (Fsp3) is 0.442. The van der Waals surface area contributed by atoms with Gasteiger partial charge < -0.3 is 29.3 Å². The van der Waals surface area contributed by atoms with Crippen LogP contribution in [0.1, 0.15) is 65.5 Å². The van der Waals surface area contributed by atoms with Crippen molar-refractivity contribution in [3.8, 4) is 34.4 Å². The molecule has 280 valence electrons. The molecule has 3 heterocycles. The van der Waals surface area contributed by atoms with Crippen molar-refractivity contribution in [1.82, 2.24) is 14.8 Å². The summed E-state index contributed by atoms with van der Waals surface area (Å²) in [5.41, 5.74) is 7.81. The zero-order valence-electron chi connectivity index (χ0n) is 30.9. The van der Waals surface area contributed by atoms with Gasteiger partial charge in [-0.2, -0.15) is 5.26 Å². The van der Waals surface area contributed by atoms with E-state index in [0.29, 0.717) is 47.8 Å². The number of nitriles is 1. The molecule has 2 aliphatic heterocycles. The van der Waals surface area contributed by atoms with Crippen LogP contribution in [-0.2, 0) is 19.8 Å². The number of benzene rings is 3. The summed E-state index contributed by atoms with van der Waals surface area (Å²) in [5.74, 6) is 2.49. The van der Waals surface area contributed by atoms with Gasteiger partial charge in [-0.3, -0.25) is 9.88 Å². The van der Waals surface area contributed by atoms with E-state index in [1.807, 2.05) is 24.3 Å². The molecule has 9 nitrogen and oxygen atoms in total. The maximum Gasteiger partial charge on any atom is 0.142 e. The number of pyridine rings is 1. The van der Waals surface area contributed by atoms with E-state index in [0.717, 1.165) is 90.3 Å². The highest BCUT2D eigenvalue weighted by molar-refractivity contribution is 6.32. The van der Waals surface area contributed by atoms with Gasteiger partial charge in [-0.1, -0.05) is 48.4 Å². The summed E-state index contributed by atoms with van der Waals surface area (Å²) >= 11 is 6.89. The molecule has 0 spiro atoms. The Morgan fingerprint density at radius 2 is 1.60 bits per heavy atom. The number of piperidine rings is 2. The summed E-state index contributed by atoms with van der Waals surface area (Å²) in [6.07, 6.45) is 8.32. The molecule has 0 aliphatic carbocycles. The fourth-order valence-electron chi connectivity index (χ4n) is 7.46. The van der Waals surface area contributed by atoms with Crippen LogP contribution in [0.25, 0.3) is 11.1 Å². The van der Waals surface area contributed by atoms with Gasteiger partial charge in [0.05, 0.1) is 29.9 Å². The van der Waals surface area contributed by atoms with Crippen LogP contribution in [0.4, 0.5) is 0 Å². The van der Waals surface area contributed by atoms with Gasteiger partial charge in [0.25, 0.3) is 0 Å². The van der Waals surface area contributed by atoms with E-state index in [1.165, 1.54) is 19.3 Å². The van der Waals surface area contributed by atoms with E-state index in [9.17, 15) is 15.5 Å². The molecule has 53 heavy (non-hydrogen) atoms. The van der Waals surface area contributed by atoms with Gasteiger partial charge in [-0.05, 0) is 105 Å². The molecular formula is C43H51ClN4O5. The first-order valence-electron chi connectivity index (χ1n) is 18.8. The second-order valence-corrected chi connectivity index (χ2v) is 14.8. The van der Waals surface area contributed by atoms with Crippen LogP contribution < -0.4 is 14.2 Å². The highest BCUT2D eigenvalue weighted by Crippen LogP contribution is 2.37. The summed E-state index contributed by atoms with van der Waals surface area (Å²) < 4.78 is 19.2. The third-order valence-electron chi connectivity index (χ3n) is 10.4. The number of hydrogen-bond acceptors (Lipinski definition) is 9. The zero-order valence-corrected chi connectivity index (χ0v) is 31.7. The van der Waals surface area contributed by atoms with Crippen LogP contribution in [0, 0.1) is 31.1 Å². The smallest absolute Gasteiger partial charge is 0.142 e. The van der Waals surface area contributed by atoms with Gasteiger partial charge in [0.15, 0.2) is 0 Å². The first-order chi connectivity index (χ1) is 25.8. The minimum absolute atomic E-state index is 0.216. The van der Waals surface area contributed by atoms with Gasteiger partial charge in [-0.25, -0.2) is 0 Å². The lowest BCUT2D eigenvalue weighted by molar-refractivity contribution is 0.0386. The quantitative estimate of drug-likeness (QED) is 0.128. The summed E-state index contributed by atoms with van der Waals surface area (Å²) in [6.45, 7) is 10.3. The van der Waals surface area contributed by atoms with E-state index < -0.39 is 6.10 Å². The number of aromatic nitrogens is 1.